The third-order valence-electron chi connectivity index (χ3n) is 8.34. The number of aromatic nitrogens is 2. The zero-order valence-corrected chi connectivity index (χ0v) is 28.7. The highest BCUT2D eigenvalue weighted by Gasteiger charge is 2.31. The van der Waals surface area contributed by atoms with Gasteiger partial charge in [-0.05, 0) is 56.9 Å². The fourth-order valence-electron chi connectivity index (χ4n) is 5.46. The molecule has 1 aromatic heterocycles. The number of sulfonamides is 1. The molecule has 13 heteroatoms. The highest BCUT2D eigenvalue weighted by Crippen LogP contribution is 2.29. The highest BCUT2D eigenvalue weighted by molar-refractivity contribution is 7.92. The van der Waals surface area contributed by atoms with Gasteiger partial charge in [-0.25, -0.2) is 4.98 Å². The lowest BCUT2D eigenvalue weighted by Gasteiger charge is -2.36. The molecular formula is C34H47N5O7S. The minimum atomic E-state index is -4.02. The van der Waals surface area contributed by atoms with Crippen molar-refractivity contribution in [3.8, 4) is 5.75 Å². The summed E-state index contributed by atoms with van der Waals surface area (Å²) in [4.78, 5) is 34.6. The molecule has 2 aromatic carbocycles. The van der Waals surface area contributed by atoms with Crippen LogP contribution >= 0.6 is 0 Å². The lowest BCUT2D eigenvalue weighted by atomic mass is 10.0. The number of fused-ring (bicyclic) bond motifs is 1. The molecule has 4 atom stereocenters. The lowest BCUT2D eigenvalue weighted by molar-refractivity contribution is -0.131. The molecule has 1 aliphatic heterocycles. The number of benzene rings is 2. The molecule has 12 nitrogen and oxygen atoms in total. The molecule has 0 fully saturated rings. The van der Waals surface area contributed by atoms with E-state index in [4.69, 9.17) is 9.47 Å². The second-order valence-electron chi connectivity index (χ2n) is 12.4. The number of nitrogens with one attached hydrogen (secondary N) is 1. The number of likely N-dealkylation sites (N-methyl/N-ethyl adjacent to an activating group) is 1. The van der Waals surface area contributed by atoms with Crippen LogP contribution < -0.4 is 9.46 Å². The van der Waals surface area contributed by atoms with Crippen molar-refractivity contribution in [1.82, 2.24) is 19.4 Å². The third-order valence-corrected chi connectivity index (χ3v) is 9.60. The smallest absolute Gasteiger partial charge is 0.280 e. The summed E-state index contributed by atoms with van der Waals surface area (Å²) >= 11 is 0. The number of carbonyl (C=O) groups is 2. The normalized spacial score (nSPS) is 20.4. The van der Waals surface area contributed by atoms with Gasteiger partial charge in [-0.3, -0.25) is 14.3 Å². The number of hydrogen-bond donors (Lipinski definition) is 2. The Morgan fingerprint density at radius 2 is 1.91 bits per heavy atom. The van der Waals surface area contributed by atoms with E-state index in [2.05, 4.69) is 9.71 Å². The van der Waals surface area contributed by atoms with Gasteiger partial charge in [-0.15, -0.1) is 0 Å². The van der Waals surface area contributed by atoms with E-state index in [0.29, 0.717) is 25.3 Å². The number of aliphatic hydroxyl groups is 1. The molecule has 2 N–H and O–H groups in total. The van der Waals surface area contributed by atoms with Crippen LogP contribution in [0.5, 0.6) is 5.75 Å². The van der Waals surface area contributed by atoms with Crippen LogP contribution in [0.3, 0.4) is 0 Å². The first-order valence-corrected chi connectivity index (χ1v) is 17.5. The van der Waals surface area contributed by atoms with E-state index >= 15 is 0 Å². The number of ether oxygens (including phenoxy) is 2. The van der Waals surface area contributed by atoms with Crippen LogP contribution in [0.15, 0.2) is 66.1 Å². The van der Waals surface area contributed by atoms with Crippen molar-refractivity contribution in [3.63, 3.8) is 0 Å². The summed E-state index contributed by atoms with van der Waals surface area (Å²) in [5.74, 6) is -0.369. The van der Waals surface area contributed by atoms with Crippen LogP contribution in [0.4, 0.5) is 5.69 Å². The van der Waals surface area contributed by atoms with E-state index in [0.717, 1.165) is 18.4 Å². The summed E-state index contributed by atoms with van der Waals surface area (Å²) in [5, 5.41) is 10.0. The monoisotopic (exact) mass is 669 g/mol. The molecule has 2 amide bonds. The van der Waals surface area contributed by atoms with Crippen molar-refractivity contribution in [2.45, 2.75) is 69.7 Å². The van der Waals surface area contributed by atoms with Gasteiger partial charge in [-0.1, -0.05) is 37.3 Å². The molecule has 47 heavy (non-hydrogen) atoms. The van der Waals surface area contributed by atoms with Gasteiger partial charge >= 0.3 is 0 Å². The summed E-state index contributed by atoms with van der Waals surface area (Å²) in [5.41, 5.74) is 1.26. The van der Waals surface area contributed by atoms with E-state index in [-0.39, 0.29) is 59.9 Å². The molecule has 4 rings (SSSR count). The Bertz CT molecular complexity index is 1600. The van der Waals surface area contributed by atoms with Crippen molar-refractivity contribution < 1.29 is 32.6 Å². The van der Waals surface area contributed by atoms with Crippen molar-refractivity contribution in [3.05, 3.63) is 72.2 Å². The topological polar surface area (TPSA) is 143 Å². The molecule has 0 unspecified atom stereocenters. The molecule has 0 bridgehead atoms. The van der Waals surface area contributed by atoms with E-state index in [1.54, 1.807) is 43.0 Å². The standard InChI is InChI=1S/C34H47N5O7S/c1-24-19-39(25(2)22-40)34(42)29-18-28(36-47(43,44)32-21-37(4)23-35-32)14-15-30(29)46-26(3)11-9-10-16-45-31(24)20-38(5)33(41)17-27-12-7-6-8-13-27/h6-8,12-15,18,21,23-26,31,36,40H,9-11,16-17,19-20,22H2,1-5H3/t24-,25+,26+,31-/m1/s1. The Morgan fingerprint density at radius 1 is 1.17 bits per heavy atom. The third kappa shape index (κ3) is 9.78. The van der Waals surface area contributed by atoms with E-state index < -0.39 is 22.0 Å². The summed E-state index contributed by atoms with van der Waals surface area (Å²) in [7, 11) is -0.593. The lowest BCUT2D eigenvalue weighted by Crippen LogP contribution is -2.48. The van der Waals surface area contributed by atoms with Gasteiger partial charge < -0.3 is 28.9 Å². The van der Waals surface area contributed by atoms with Crippen LogP contribution in [-0.2, 0) is 33.0 Å². The van der Waals surface area contributed by atoms with Crippen LogP contribution in [0, 0.1) is 5.92 Å². The zero-order chi connectivity index (χ0) is 34.1. The largest absolute Gasteiger partial charge is 0.490 e. The number of anilines is 1. The van der Waals surface area contributed by atoms with E-state index in [1.807, 2.05) is 44.2 Å². The van der Waals surface area contributed by atoms with Gasteiger partial charge in [0.05, 0.1) is 43.2 Å². The Morgan fingerprint density at radius 3 is 2.60 bits per heavy atom. The van der Waals surface area contributed by atoms with Gasteiger partial charge in [0, 0.05) is 51.6 Å². The summed E-state index contributed by atoms with van der Waals surface area (Å²) in [6, 6.07) is 13.6. The molecule has 3 aromatic rings. The fourth-order valence-corrected chi connectivity index (χ4v) is 6.49. The number of aryl methyl sites for hydroxylation is 1. The Hall–Kier alpha value is -3.94. The Kier molecular flexibility index (Phi) is 12.4. The zero-order valence-electron chi connectivity index (χ0n) is 27.8. The minimum Gasteiger partial charge on any atom is -0.490 e. The number of amides is 2. The average molecular weight is 670 g/mol. The van der Waals surface area contributed by atoms with E-state index in [1.165, 1.54) is 23.2 Å². The van der Waals surface area contributed by atoms with Crippen LogP contribution in [-0.4, -0.2) is 96.3 Å². The number of rotatable bonds is 9. The predicted molar refractivity (Wildman–Crippen MR) is 179 cm³/mol. The molecule has 256 valence electrons. The number of aliphatic hydroxyl groups excluding tert-OH is 1. The second-order valence-corrected chi connectivity index (χ2v) is 14.1. The number of hydrogen-bond acceptors (Lipinski definition) is 8. The molecule has 1 aliphatic rings. The van der Waals surface area contributed by atoms with E-state index in [9.17, 15) is 23.1 Å². The first kappa shape index (κ1) is 35.9. The average Bonchev–Trinajstić information content (AvgIpc) is 3.50. The van der Waals surface area contributed by atoms with Crippen LogP contribution in [0.25, 0.3) is 0 Å². The fraction of sp³-hybridized carbons (Fsp3) is 0.500. The summed E-state index contributed by atoms with van der Waals surface area (Å²) in [6.07, 6.45) is 4.74. The SMILES string of the molecule is C[C@@H]1CN([C@@H](C)CO)C(=O)c2cc(NS(=O)(=O)c3cn(C)cn3)ccc2O[C@@H](C)CCCCO[C@@H]1CN(C)C(=O)Cc1ccccc1. The van der Waals surface area contributed by atoms with Crippen molar-refractivity contribution in [2.24, 2.45) is 13.0 Å². The van der Waals surface area contributed by atoms with Crippen molar-refractivity contribution >= 4 is 27.5 Å². The van der Waals surface area contributed by atoms with Crippen molar-refractivity contribution in [1.29, 1.82) is 0 Å². The first-order chi connectivity index (χ1) is 22.4. The first-order valence-electron chi connectivity index (χ1n) is 16.0. The highest BCUT2D eigenvalue weighted by atomic mass is 32.2. The molecule has 0 saturated heterocycles. The maximum Gasteiger partial charge on any atom is 0.280 e. The quantitative estimate of drug-likeness (QED) is 0.351. The number of imidazole rings is 1. The number of carbonyl (C=O) groups excluding carboxylic acids is 2. The minimum absolute atomic E-state index is 0.0383. The molecule has 0 spiro atoms. The van der Waals surface area contributed by atoms with Gasteiger partial charge in [0.1, 0.15) is 5.75 Å². The van der Waals surface area contributed by atoms with Gasteiger partial charge in [0.15, 0.2) is 5.03 Å². The molecule has 2 heterocycles. The maximum atomic E-state index is 14.3. The number of nitrogens with zero attached hydrogens (tertiary/aromatic N) is 4. The summed E-state index contributed by atoms with van der Waals surface area (Å²) < 4.78 is 42.7. The van der Waals surface area contributed by atoms with Crippen LogP contribution in [0.1, 0.15) is 56.0 Å². The molecule has 0 saturated carbocycles. The van der Waals surface area contributed by atoms with Crippen molar-refractivity contribution in [2.75, 3.05) is 38.1 Å². The molecule has 0 aliphatic carbocycles. The Balaban J connectivity index is 1.62. The van der Waals surface area contributed by atoms with Gasteiger partial charge in [0.2, 0.25) is 5.91 Å². The molecular weight excluding hydrogens is 622 g/mol. The summed E-state index contributed by atoms with van der Waals surface area (Å²) in [6.45, 7) is 6.37. The van der Waals surface area contributed by atoms with Gasteiger partial charge in [-0.2, -0.15) is 8.42 Å². The van der Waals surface area contributed by atoms with Gasteiger partial charge in [0.25, 0.3) is 15.9 Å². The molecule has 0 radical (unpaired) electrons. The Labute approximate surface area is 277 Å². The second kappa shape index (κ2) is 16.2. The maximum absolute atomic E-state index is 14.3. The predicted octanol–water partition coefficient (Wildman–Crippen LogP) is 3.72. The van der Waals surface area contributed by atoms with Crippen LogP contribution in [0.2, 0.25) is 0 Å².